The number of alkyl halides is 3. The molecule has 0 bridgehead atoms. The van der Waals surface area contributed by atoms with Crippen molar-refractivity contribution in [1.29, 1.82) is 0 Å². The molecular weight excluding hydrogens is 341 g/mol. The summed E-state index contributed by atoms with van der Waals surface area (Å²) in [5.74, 6) is -0.550. The minimum absolute atomic E-state index is 0.0600. The average Bonchev–Trinajstić information content (AvgIpc) is 3.13. The Bertz CT molecular complexity index is 743. The summed E-state index contributed by atoms with van der Waals surface area (Å²) in [6.07, 6.45) is -2.63. The maximum absolute atomic E-state index is 12.8. The molecule has 3 rings (SSSR count). The van der Waals surface area contributed by atoms with Crippen molar-refractivity contribution in [3.8, 4) is 10.6 Å². The molecule has 0 radical (unpaired) electrons. The predicted octanol–water partition coefficient (Wildman–Crippen LogP) is 4.60. The maximum Gasteiger partial charge on any atom is 0.452 e. The zero-order valence-corrected chi connectivity index (χ0v) is 14.1. The molecule has 1 aliphatic heterocycles. The molecule has 0 spiro atoms. The highest BCUT2D eigenvalue weighted by molar-refractivity contribution is 7.17. The first-order valence-corrected chi connectivity index (χ1v) is 8.52. The summed E-state index contributed by atoms with van der Waals surface area (Å²) >= 11 is 1.15. The molecule has 0 saturated carbocycles. The van der Waals surface area contributed by atoms with Crippen LogP contribution in [0, 0.1) is 12.8 Å². The molecule has 4 nitrogen and oxygen atoms in total. The van der Waals surface area contributed by atoms with Crippen LogP contribution in [-0.2, 0) is 6.18 Å². The van der Waals surface area contributed by atoms with Crippen LogP contribution in [0.25, 0.3) is 10.6 Å². The third-order valence-corrected chi connectivity index (χ3v) is 5.38. The number of thiophene rings is 1. The Hall–Kier alpha value is -1.83. The molecule has 1 aliphatic rings. The standard InChI is InChI=1S/C16H17F3N2O2S/c1-9-5-7-21(8-6-9)15(22)12-4-3-11(24-12)13-10(2)14(23-20-13)16(17,18)19/h3-4,9H,5-8H2,1-2H3. The largest absolute Gasteiger partial charge is 0.452 e. The SMILES string of the molecule is Cc1c(-c2ccc(C(=O)N3CCC(C)CC3)s2)noc1C(F)(F)F. The molecule has 130 valence electrons. The second kappa shape index (κ2) is 6.23. The minimum atomic E-state index is -4.57. The van der Waals surface area contributed by atoms with E-state index in [1.54, 1.807) is 17.0 Å². The summed E-state index contributed by atoms with van der Waals surface area (Å²) in [7, 11) is 0. The number of piperidine rings is 1. The van der Waals surface area contributed by atoms with Gasteiger partial charge in [0.15, 0.2) is 0 Å². The fourth-order valence-electron chi connectivity index (χ4n) is 2.78. The van der Waals surface area contributed by atoms with Gasteiger partial charge in [-0.2, -0.15) is 13.2 Å². The van der Waals surface area contributed by atoms with Crippen molar-refractivity contribution in [3.05, 3.63) is 28.3 Å². The first kappa shape index (κ1) is 17.0. The summed E-state index contributed by atoms with van der Waals surface area (Å²) < 4.78 is 42.8. The molecule has 2 aromatic rings. The van der Waals surface area contributed by atoms with Crippen LogP contribution in [0.4, 0.5) is 13.2 Å². The normalized spacial score (nSPS) is 16.6. The minimum Gasteiger partial charge on any atom is -0.351 e. The molecule has 3 heterocycles. The number of hydrogen-bond donors (Lipinski definition) is 0. The van der Waals surface area contributed by atoms with Crippen molar-refractivity contribution in [2.45, 2.75) is 32.9 Å². The van der Waals surface area contributed by atoms with E-state index in [9.17, 15) is 18.0 Å². The number of rotatable bonds is 2. The van der Waals surface area contributed by atoms with E-state index in [4.69, 9.17) is 0 Å². The quantitative estimate of drug-likeness (QED) is 0.788. The molecule has 0 atom stereocenters. The van der Waals surface area contributed by atoms with Crippen molar-refractivity contribution < 1.29 is 22.5 Å². The van der Waals surface area contributed by atoms with Gasteiger partial charge < -0.3 is 9.42 Å². The molecule has 24 heavy (non-hydrogen) atoms. The van der Waals surface area contributed by atoms with E-state index in [-0.39, 0.29) is 17.2 Å². The van der Waals surface area contributed by atoms with Gasteiger partial charge in [0.05, 0.1) is 9.75 Å². The lowest BCUT2D eigenvalue weighted by atomic mass is 9.99. The molecule has 0 aliphatic carbocycles. The Morgan fingerprint density at radius 2 is 2.00 bits per heavy atom. The van der Waals surface area contributed by atoms with Crippen LogP contribution in [0.3, 0.4) is 0 Å². The topological polar surface area (TPSA) is 46.3 Å². The van der Waals surface area contributed by atoms with Crippen LogP contribution in [0.1, 0.15) is 40.8 Å². The Morgan fingerprint density at radius 3 is 2.58 bits per heavy atom. The van der Waals surface area contributed by atoms with Crippen molar-refractivity contribution in [1.82, 2.24) is 10.1 Å². The fourth-order valence-corrected chi connectivity index (χ4v) is 3.79. The molecule has 1 amide bonds. The first-order valence-electron chi connectivity index (χ1n) is 7.70. The molecule has 0 aromatic carbocycles. The lowest BCUT2D eigenvalue weighted by Gasteiger charge is -2.29. The zero-order chi connectivity index (χ0) is 17.5. The third-order valence-electron chi connectivity index (χ3n) is 4.30. The van der Waals surface area contributed by atoms with Gasteiger partial charge in [0.25, 0.3) is 5.91 Å². The summed E-state index contributed by atoms with van der Waals surface area (Å²) in [6.45, 7) is 4.92. The van der Waals surface area contributed by atoms with Gasteiger partial charge in [-0.3, -0.25) is 4.79 Å². The smallest absolute Gasteiger partial charge is 0.351 e. The van der Waals surface area contributed by atoms with Gasteiger partial charge in [0.2, 0.25) is 5.76 Å². The Labute approximate surface area is 141 Å². The van der Waals surface area contributed by atoms with E-state index in [0.29, 0.717) is 28.8 Å². The predicted molar refractivity (Wildman–Crippen MR) is 83.9 cm³/mol. The highest BCUT2D eigenvalue weighted by atomic mass is 32.1. The summed E-state index contributed by atoms with van der Waals surface area (Å²) in [4.78, 5) is 15.3. The summed E-state index contributed by atoms with van der Waals surface area (Å²) in [6, 6.07) is 3.26. The van der Waals surface area contributed by atoms with Crippen LogP contribution in [0.5, 0.6) is 0 Å². The highest BCUT2D eigenvalue weighted by Crippen LogP contribution is 2.38. The molecular formula is C16H17F3N2O2S. The monoisotopic (exact) mass is 358 g/mol. The van der Waals surface area contributed by atoms with Gasteiger partial charge in [-0.1, -0.05) is 12.1 Å². The Kier molecular flexibility index (Phi) is 4.42. The molecule has 2 aromatic heterocycles. The molecule has 0 unspecified atom stereocenters. The number of carbonyl (C=O) groups excluding carboxylic acids is 1. The lowest BCUT2D eigenvalue weighted by Crippen LogP contribution is -2.37. The maximum atomic E-state index is 12.8. The summed E-state index contributed by atoms with van der Waals surface area (Å²) in [5.41, 5.74) is 0.0776. The van der Waals surface area contributed by atoms with Crippen molar-refractivity contribution in [2.75, 3.05) is 13.1 Å². The second-order valence-electron chi connectivity index (χ2n) is 6.12. The molecule has 0 N–H and O–H groups in total. The van der Waals surface area contributed by atoms with Crippen molar-refractivity contribution in [2.24, 2.45) is 5.92 Å². The molecule has 1 fully saturated rings. The van der Waals surface area contributed by atoms with E-state index < -0.39 is 11.9 Å². The van der Waals surface area contributed by atoms with Gasteiger partial charge >= 0.3 is 6.18 Å². The number of carbonyl (C=O) groups is 1. The van der Waals surface area contributed by atoms with Crippen LogP contribution in [-0.4, -0.2) is 29.1 Å². The second-order valence-corrected chi connectivity index (χ2v) is 7.21. The van der Waals surface area contributed by atoms with Crippen LogP contribution >= 0.6 is 11.3 Å². The van der Waals surface area contributed by atoms with Gasteiger partial charge in [-0.25, -0.2) is 0 Å². The van der Waals surface area contributed by atoms with Crippen LogP contribution < -0.4 is 0 Å². The third kappa shape index (κ3) is 3.19. The van der Waals surface area contributed by atoms with Gasteiger partial charge in [0.1, 0.15) is 5.69 Å². The fraction of sp³-hybridized carbons (Fsp3) is 0.500. The number of likely N-dealkylation sites (tertiary alicyclic amines) is 1. The number of aromatic nitrogens is 1. The number of amides is 1. The van der Waals surface area contributed by atoms with Gasteiger partial charge in [-0.05, 0) is 37.8 Å². The lowest BCUT2D eigenvalue weighted by molar-refractivity contribution is -0.156. The van der Waals surface area contributed by atoms with Gasteiger partial charge in [-0.15, -0.1) is 11.3 Å². The number of halogens is 3. The summed E-state index contributed by atoms with van der Waals surface area (Å²) in [5, 5.41) is 3.54. The van der Waals surface area contributed by atoms with E-state index in [1.807, 2.05) is 0 Å². The molecule has 8 heteroatoms. The van der Waals surface area contributed by atoms with E-state index in [1.165, 1.54) is 6.92 Å². The first-order chi connectivity index (χ1) is 11.3. The average molecular weight is 358 g/mol. The van der Waals surface area contributed by atoms with Crippen molar-refractivity contribution in [3.63, 3.8) is 0 Å². The van der Waals surface area contributed by atoms with Crippen LogP contribution in [0.15, 0.2) is 16.7 Å². The van der Waals surface area contributed by atoms with E-state index in [2.05, 4.69) is 16.6 Å². The number of nitrogens with zero attached hydrogens (tertiary/aromatic N) is 2. The zero-order valence-electron chi connectivity index (χ0n) is 13.3. The van der Waals surface area contributed by atoms with E-state index in [0.717, 1.165) is 24.2 Å². The highest BCUT2D eigenvalue weighted by Gasteiger charge is 2.39. The van der Waals surface area contributed by atoms with Gasteiger partial charge in [0, 0.05) is 18.7 Å². The van der Waals surface area contributed by atoms with E-state index >= 15 is 0 Å². The Balaban J connectivity index is 1.81. The Morgan fingerprint density at radius 1 is 1.33 bits per heavy atom. The molecule has 1 saturated heterocycles. The van der Waals surface area contributed by atoms with Crippen LogP contribution in [0.2, 0.25) is 0 Å². The number of hydrogen-bond acceptors (Lipinski definition) is 4. The van der Waals surface area contributed by atoms with Crippen molar-refractivity contribution >= 4 is 17.2 Å².